The number of hydrogen-bond acceptors (Lipinski definition) is 2. The monoisotopic (exact) mass is 279 g/mol. The number of imidazole rings is 1. The SMILES string of the molecule is CCCCCCn1c(C(C)N)nc2cc(Cl)ccc21. The van der Waals surface area contributed by atoms with E-state index in [4.69, 9.17) is 17.3 Å². The maximum atomic E-state index is 6.03. The fourth-order valence-corrected chi connectivity index (χ4v) is 2.57. The van der Waals surface area contributed by atoms with Crippen LogP contribution in [0.5, 0.6) is 0 Å². The van der Waals surface area contributed by atoms with Crippen molar-refractivity contribution in [2.45, 2.75) is 52.1 Å². The van der Waals surface area contributed by atoms with Gasteiger partial charge in [0.1, 0.15) is 5.82 Å². The van der Waals surface area contributed by atoms with Gasteiger partial charge in [-0.1, -0.05) is 37.8 Å². The maximum absolute atomic E-state index is 6.03. The van der Waals surface area contributed by atoms with E-state index in [0.29, 0.717) is 0 Å². The van der Waals surface area contributed by atoms with Crippen molar-refractivity contribution in [1.29, 1.82) is 0 Å². The lowest BCUT2D eigenvalue weighted by Gasteiger charge is -2.11. The summed E-state index contributed by atoms with van der Waals surface area (Å²) in [4.78, 5) is 4.63. The summed E-state index contributed by atoms with van der Waals surface area (Å²) in [6.07, 6.45) is 4.95. The lowest BCUT2D eigenvalue weighted by atomic mass is 10.2. The molecule has 1 aromatic carbocycles. The summed E-state index contributed by atoms with van der Waals surface area (Å²) >= 11 is 6.02. The van der Waals surface area contributed by atoms with E-state index in [1.165, 1.54) is 25.7 Å². The summed E-state index contributed by atoms with van der Waals surface area (Å²) in [5, 5.41) is 0.722. The molecular formula is C15H22ClN3. The topological polar surface area (TPSA) is 43.8 Å². The van der Waals surface area contributed by atoms with Gasteiger partial charge in [-0.25, -0.2) is 4.98 Å². The van der Waals surface area contributed by atoms with Crippen LogP contribution in [0.1, 0.15) is 51.4 Å². The number of hydrogen-bond donors (Lipinski definition) is 1. The molecule has 1 heterocycles. The van der Waals surface area contributed by atoms with Gasteiger partial charge in [-0.2, -0.15) is 0 Å². The van der Waals surface area contributed by atoms with Gasteiger partial charge in [0, 0.05) is 11.6 Å². The highest BCUT2D eigenvalue weighted by Crippen LogP contribution is 2.23. The van der Waals surface area contributed by atoms with Gasteiger partial charge in [0.25, 0.3) is 0 Å². The molecule has 0 radical (unpaired) electrons. The standard InChI is InChI=1S/C15H22ClN3/c1-3-4-5-6-9-19-14-8-7-12(16)10-13(14)18-15(19)11(2)17/h7-8,10-11H,3-6,9,17H2,1-2H3. The number of rotatable bonds is 6. The van der Waals surface area contributed by atoms with Crippen molar-refractivity contribution in [2.75, 3.05) is 0 Å². The van der Waals surface area contributed by atoms with E-state index in [9.17, 15) is 0 Å². The van der Waals surface area contributed by atoms with E-state index in [1.54, 1.807) is 0 Å². The van der Waals surface area contributed by atoms with Crippen LogP contribution in [0, 0.1) is 0 Å². The molecule has 0 spiro atoms. The summed E-state index contributed by atoms with van der Waals surface area (Å²) in [7, 11) is 0. The molecule has 1 aromatic heterocycles. The number of aromatic nitrogens is 2. The second-order valence-electron chi connectivity index (χ2n) is 5.10. The van der Waals surface area contributed by atoms with E-state index in [2.05, 4.69) is 16.5 Å². The van der Waals surface area contributed by atoms with Crippen LogP contribution in [0.3, 0.4) is 0 Å². The molecule has 0 saturated carbocycles. The quantitative estimate of drug-likeness (QED) is 0.802. The summed E-state index contributed by atoms with van der Waals surface area (Å²) in [5.41, 5.74) is 8.10. The molecule has 2 rings (SSSR count). The molecule has 0 amide bonds. The first kappa shape index (κ1) is 14.4. The Hall–Kier alpha value is -1.06. The Kier molecular flexibility index (Phi) is 4.83. The van der Waals surface area contributed by atoms with Crippen molar-refractivity contribution in [2.24, 2.45) is 5.73 Å². The van der Waals surface area contributed by atoms with Gasteiger partial charge in [0.2, 0.25) is 0 Å². The highest BCUT2D eigenvalue weighted by molar-refractivity contribution is 6.31. The van der Waals surface area contributed by atoms with Crippen molar-refractivity contribution in [1.82, 2.24) is 9.55 Å². The first-order chi connectivity index (χ1) is 9.13. The van der Waals surface area contributed by atoms with Crippen molar-refractivity contribution in [3.05, 3.63) is 29.0 Å². The van der Waals surface area contributed by atoms with Gasteiger partial charge < -0.3 is 10.3 Å². The van der Waals surface area contributed by atoms with Gasteiger partial charge in [-0.3, -0.25) is 0 Å². The van der Waals surface area contributed by atoms with E-state index < -0.39 is 0 Å². The first-order valence-electron chi connectivity index (χ1n) is 7.04. The highest BCUT2D eigenvalue weighted by Gasteiger charge is 2.13. The largest absolute Gasteiger partial charge is 0.327 e. The van der Waals surface area contributed by atoms with Crippen molar-refractivity contribution in [3.8, 4) is 0 Å². The number of benzene rings is 1. The number of nitrogens with two attached hydrogens (primary N) is 1. The smallest absolute Gasteiger partial charge is 0.126 e. The summed E-state index contributed by atoms with van der Waals surface area (Å²) in [6, 6.07) is 5.80. The van der Waals surface area contributed by atoms with Crippen LogP contribution in [0.2, 0.25) is 5.02 Å². The van der Waals surface area contributed by atoms with Gasteiger partial charge >= 0.3 is 0 Å². The van der Waals surface area contributed by atoms with Crippen LogP contribution >= 0.6 is 11.6 Å². The molecule has 0 bridgehead atoms. The third-order valence-electron chi connectivity index (χ3n) is 3.38. The zero-order valence-corrected chi connectivity index (χ0v) is 12.5. The minimum absolute atomic E-state index is 0.0580. The van der Waals surface area contributed by atoms with Crippen LogP contribution < -0.4 is 5.73 Å². The highest BCUT2D eigenvalue weighted by atomic mass is 35.5. The molecule has 0 fully saturated rings. The van der Waals surface area contributed by atoms with Gasteiger partial charge in [0.15, 0.2) is 0 Å². The van der Waals surface area contributed by atoms with E-state index in [0.717, 1.165) is 28.4 Å². The summed E-state index contributed by atoms with van der Waals surface area (Å²) < 4.78 is 2.24. The van der Waals surface area contributed by atoms with Crippen LogP contribution in [0.4, 0.5) is 0 Å². The fraction of sp³-hybridized carbons (Fsp3) is 0.533. The molecule has 0 aliphatic rings. The lowest BCUT2D eigenvalue weighted by molar-refractivity contribution is 0.558. The molecule has 3 nitrogen and oxygen atoms in total. The third-order valence-corrected chi connectivity index (χ3v) is 3.62. The van der Waals surface area contributed by atoms with Crippen molar-refractivity contribution < 1.29 is 0 Å². The summed E-state index contributed by atoms with van der Waals surface area (Å²) in [5.74, 6) is 0.953. The molecule has 0 aliphatic carbocycles. The van der Waals surface area contributed by atoms with Crippen LogP contribution in [0.25, 0.3) is 11.0 Å². The fourth-order valence-electron chi connectivity index (χ4n) is 2.40. The van der Waals surface area contributed by atoms with Crippen molar-refractivity contribution in [3.63, 3.8) is 0 Å². The third kappa shape index (κ3) is 3.28. The predicted molar refractivity (Wildman–Crippen MR) is 81.5 cm³/mol. The Labute approximate surface area is 119 Å². The number of fused-ring (bicyclic) bond motifs is 1. The molecule has 1 unspecified atom stereocenters. The van der Waals surface area contributed by atoms with Crippen molar-refractivity contribution >= 4 is 22.6 Å². The van der Waals surface area contributed by atoms with E-state index >= 15 is 0 Å². The number of unbranched alkanes of at least 4 members (excludes halogenated alkanes) is 3. The Bertz CT molecular complexity index is 546. The molecule has 4 heteroatoms. The molecule has 1 atom stereocenters. The second kappa shape index (κ2) is 6.40. The predicted octanol–water partition coefficient (Wildman–Crippen LogP) is 4.29. The molecule has 2 N–H and O–H groups in total. The zero-order chi connectivity index (χ0) is 13.8. The number of halogens is 1. The molecule has 0 saturated heterocycles. The van der Waals surface area contributed by atoms with Crippen LogP contribution in [-0.4, -0.2) is 9.55 Å². The molecule has 19 heavy (non-hydrogen) atoms. The first-order valence-corrected chi connectivity index (χ1v) is 7.42. The van der Waals surface area contributed by atoms with E-state index in [-0.39, 0.29) is 6.04 Å². The average molecular weight is 280 g/mol. The lowest BCUT2D eigenvalue weighted by Crippen LogP contribution is -2.13. The molecule has 2 aromatic rings. The minimum atomic E-state index is -0.0580. The minimum Gasteiger partial charge on any atom is -0.327 e. The Morgan fingerprint density at radius 3 is 2.79 bits per heavy atom. The number of nitrogens with zero attached hydrogens (tertiary/aromatic N) is 2. The Morgan fingerprint density at radius 2 is 2.11 bits per heavy atom. The molecular weight excluding hydrogens is 258 g/mol. The molecule has 0 aliphatic heterocycles. The van der Waals surface area contributed by atoms with Gasteiger partial charge in [-0.05, 0) is 31.5 Å². The molecule has 104 valence electrons. The van der Waals surface area contributed by atoms with Gasteiger partial charge in [0.05, 0.1) is 17.1 Å². The Morgan fingerprint density at radius 1 is 1.32 bits per heavy atom. The Balaban J connectivity index is 2.30. The van der Waals surface area contributed by atoms with Crippen LogP contribution in [-0.2, 0) is 6.54 Å². The van der Waals surface area contributed by atoms with Gasteiger partial charge in [-0.15, -0.1) is 0 Å². The normalized spacial score (nSPS) is 13.1. The number of aryl methyl sites for hydroxylation is 1. The second-order valence-corrected chi connectivity index (χ2v) is 5.54. The summed E-state index contributed by atoms with van der Waals surface area (Å²) in [6.45, 7) is 5.18. The zero-order valence-electron chi connectivity index (χ0n) is 11.7. The van der Waals surface area contributed by atoms with E-state index in [1.807, 2.05) is 25.1 Å². The average Bonchev–Trinajstić information content (AvgIpc) is 2.72. The maximum Gasteiger partial charge on any atom is 0.126 e. The van der Waals surface area contributed by atoms with Crippen LogP contribution in [0.15, 0.2) is 18.2 Å².